The molecule has 0 aliphatic heterocycles. The summed E-state index contributed by atoms with van der Waals surface area (Å²) in [5.74, 6) is -1.66. The van der Waals surface area contributed by atoms with Crippen molar-refractivity contribution in [1.82, 2.24) is 5.32 Å². The molecule has 1 saturated carbocycles. The molecule has 1 rings (SSSR count). The number of hydrogen-bond donors (Lipinski definition) is 2. The third-order valence-electron chi connectivity index (χ3n) is 1.99. The second kappa shape index (κ2) is 3.56. The summed E-state index contributed by atoms with van der Waals surface area (Å²) >= 11 is 0. The monoisotopic (exact) mass is 171 g/mol. The van der Waals surface area contributed by atoms with Crippen molar-refractivity contribution in [2.24, 2.45) is 11.8 Å². The van der Waals surface area contributed by atoms with E-state index in [-0.39, 0.29) is 11.8 Å². The molecule has 1 amide bonds. The zero-order chi connectivity index (χ0) is 9.14. The minimum atomic E-state index is -0.855. The highest BCUT2D eigenvalue weighted by Crippen LogP contribution is 2.38. The van der Waals surface area contributed by atoms with Crippen molar-refractivity contribution < 1.29 is 14.7 Å². The van der Waals surface area contributed by atoms with Gasteiger partial charge < -0.3 is 10.4 Å². The fourth-order valence-corrected chi connectivity index (χ4v) is 1.14. The van der Waals surface area contributed by atoms with Crippen molar-refractivity contribution in [2.75, 3.05) is 6.54 Å². The van der Waals surface area contributed by atoms with Gasteiger partial charge in [-0.3, -0.25) is 9.59 Å². The molecule has 1 fully saturated rings. The van der Waals surface area contributed by atoms with Gasteiger partial charge in [-0.05, 0) is 12.8 Å². The van der Waals surface area contributed by atoms with E-state index in [1.807, 2.05) is 6.92 Å². The number of carboxylic acids is 1. The minimum Gasteiger partial charge on any atom is -0.481 e. The fraction of sp³-hybridized carbons (Fsp3) is 0.750. The molecule has 0 saturated heterocycles. The standard InChI is InChI=1S/C8H13NO3/c1-2-3-9-7(10)5-4-6(5)8(11)12/h5-6H,2-4H2,1H3,(H,9,10)(H,11,12)/t5-,6-/m0/s1. The molecular formula is C8H13NO3. The van der Waals surface area contributed by atoms with Gasteiger partial charge in [0.05, 0.1) is 11.8 Å². The molecule has 0 aromatic heterocycles. The fourth-order valence-electron chi connectivity index (χ4n) is 1.14. The van der Waals surface area contributed by atoms with Crippen molar-refractivity contribution in [3.05, 3.63) is 0 Å². The molecule has 0 heterocycles. The summed E-state index contributed by atoms with van der Waals surface area (Å²) in [4.78, 5) is 21.5. The van der Waals surface area contributed by atoms with Crippen LogP contribution in [0.4, 0.5) is 0 Å². The number of carboxylic acid groups (broad SMARTS) is 1. The Balaban J connectivity index is 2.24. The summed E-state index contributed by atoms with van der Waals surface area (Å²) in [6.45, 7) is 2.60. The molecule has 0 bridgehead atoms. The van der Waals surface area contributed by atoms with Gasteiger partial charge in [-0.2, -0.15) is 0 Å². The average molecular weight is 171 g/mol. The van der Waals surface area contributed by atoms with E-state index in [2.05, 4.69) is 5.32 Å². The van der Waals surface area contributed by atoms with Crippen LogP contribution in [0, 0.1) is 11.8 Å². The van der Waals surface area contributed by atoms with Crippen LogP contribution in [0.1, 0.15) is 19.8 Å². The maximum atomic E-state index is 11.1. The van der Waals surface area contributed by atoms with E-state index in [1.165, 1.54) is 0 Å². The van der Waals surface area contributed by atoms with Crippen LogP contribution in [0.2, 0.25) is 0 Å². The lowest BCUT2D eigenvalue weighted by Gasteiger charge is -2.00. The smallest absolute Gasteiger partial charge is 0.307 e. The summed E-state index contributed by atoms with van der Waals surface area (Å²) in [7, 11) is 0. The number of carbonyl (C=O) groups is 2. The Kier molecular flexibility index (Phi) is 2.68. The zero-order valence-electron chi connectivity index (χ0n) is 7.04. The van der Waals surface area contributed by atoms with Crippen LogP contribution >= 0.6 is 0 Å². The number of aliphatic carboxylic acids is 1. The Morgan fingerprint density at radius 2 is 2.17 bits per heavy atom. The van der Waals surface area contributed by atoms with Gasteiger partial charge in [0.2, 0.25) is 5.91 Å². The molecule has 68 valence electrons. The lowest BCUT2D eigenvalue weighted by Crippen LogP contribution is -2.26. The first-order chi connectivity index (χ1) is 5.66. The first-order valence-electron chi connectivity index (χ1n) is 4.17. The second-order valence-electron chi connectivity index (χ2n) is 3.08. The number of nitrogens with one attached hydrogen (secondary N) is 1. The van der Waals surface area contributed by atoms with E-state index in [1.54, 1.807) is 0 Å². The first kappa shape index (κ1) is 9.03. The highest BCUT2D eigenvalue weighted by atomic mass is 16.4. The van der Waals surface area contributed by atoms with E-state index >= 15 is 0 Å². The van der Waals surface area contributed by atoms with Gasteiger partial charge >= 0.3 is 5.97 Å². The number of hydrogen-bond acceptors (Lipinski definition) is 2. The van der Waals surface area contributed by atoms with Gasteiger partial charge in [-0.25, -0.2) is 0 Å². The van der Waals surface area contributed by atoms with Crippen LogP contribution in [-0.2, 0) is 9.59 Å². The molecule has 0 radical (unpaired) electrons. The van der Waals surface area contributed by atoms with Crippen LogP contribution in [-0.4, -0.2) is 23.5 Å². The summed E-state index contributed by atoms with van der Waals surface area (Å²) in [5.41, 5.74) is 0. The zero-order valence-corrected chi connectivity index (χ0v) is 7.04. The molecule has 4 heteroatoms. The maximum absolute atomic E-state index is 11.1. The van der Waals surface area contributed by atoms with E-state index in [0.29, 0.717) is 13.0 Å². The molecule has 1 aliphatic carbocycles. The SMILES string of the molecule is CCCNC(=O)[C@H]1C[C@@H]1C(=O)O. The van der Waals surface area contributed by atoms with Crippen molar-refractivity contribution in [3.63, 3.8) is 0 Å². The van der Waals surface area contributed by atoms with Crippen molar-refractivity contribution in [2.45, 2.75) is 19.8 Å². The molecule has 0 aromatic carbocycles. The highest BCUT2D eigenvalue weighted by molar-refractivity contribution is 5.89. The molecule has 12 heavy (non-hydrogen) atoms. The van der Waals surface area contributed by atoms with E-state index < -0.39 is 11.9 Å². The molecule has 0 spiro atoms. The highest BCUT2D eigenvalue weighted by Gasteiger charge is 2.48. The molecule has 4 nitrogen and oxygen atoms in total. The summed E-state index contributed by atoms with van der Waals surface area (Å²) < 4.78 is 0. The lowest BCUT2D eigenvalue weighted by molar-refractivity contribution is -0.140. The Hall–Kier alpha value is -1.06. The van der Waals surface area contributed by atoms with Crippen molar-refractivity contribution in [3.8, 4) is 0 Å². The van der Waals surface area contributed by atoms with Gasteiger partial charge in [-0.15, -0.1) is 0 Å². The number of carbonyl (C=O) groups excluding carboxylic acids is 1. The van der Waals surface area contributed by atoms with Gasteiger partial charge in [0.15, 0.2) is 0 Å². The normalized spacial score (nSPS) is 26.4. The number of rotatable bonds is 4. The van der Waals surface area contributed by atoms with E-state index in [9.17, 15) is 9.59 Å². The van der Waals surface area contributed by atoms with Gasteiger partial charge in [0.25, 0.3) is 0 Å². The van der Waals surface area contributed by atoms with Crippen molar-refractivity contribution in [1.29, 1.82) is 0 Å². The second-order valence-corrected chi connectivity index (χ2v) is 3.08. The Labute approximate surface area is 71.0 Å². The Morgan fingerprint density at radius 3 is 2.58 bits per heavy atom. The van der Waals surface area contributed by atoms with Gasteiger partial charge in [-0.1, -0.05) is 6.92 Å². The molecular weight excluding hydrogens is 158 g/mol. The predicted molar refractivity (Wildman–Crippen MR) is 42.5 cm³/mol. The van der Waals surface area contributed by atoms with E-state index in [4.69, 9.17) is 5.11 Å². The predicted octanol–water partition coefficient (Wildman–Crippen LogP) is 0.233. The van der Waals surface area contributed by atoms with E-state index in [0.717, 1.165) is 6.42 Å². The summed E-state index contributed by atoms with van der Waals surface area (Å²) in [5, 5.41) is 11.2. The molecule has 2 N–H and O–H groups in total. The van der Waals surface area contributed by atoms with Crippen LogP contribution in [0.3, 0.4) is 0 Å². The van der Waals surface area contributed by atoms with Gasteiger partial charge in [0, 0.05) is 6.54 Å². The lowest BCUT2D eigenvalue weighted by atomic mass is 10.3. The third-order valence-corrected chi connectivity index (χ3v) is 1.99. The van der Waals surface area contributed by atoms with Crippen LogP contribution in [0.25, 0.3) is 0 Å². The topological polar surface area (TPSA) is 66.4 Å². The summed E-state index contributed by atoms with van der Waals surface area (Å²) in [6.07, 6.45) is 1.39. The Morgan fingerprint density at radius 1 is 1.50 bits per heavy atom. The molecule has 0 unspecified atom stereocenters. The van der Waals surface area contributed by atoms with Crippen LogP contribution in [0.15, 0.2) is 0 Å². The molecule has 2 atom stereocenters. The number of amides is 1. The average Bonchev–Trinajstić information content (AvgIpc) is 2.78. The largest absolute Gasteiger partial charge is 0.481 e. The molecule has 1 aliphatic rings. The van der Waals surface area contributed by atoms with Gasteiger partial charge in [0.1, 0.15) is 0 Å². The van der Waals surface area contributed by atoms with Crippen LogP contribution in [0.5, 0.6) is 0 Å². The maximum Gasteiger partial charge on any atom is 0.307 e. The minimum absolute atomic E-state index is 0.107. The first-order valence-corrected chi connectivity index (χ1v) is 4.17. The molecule has 0 aromatic rings. The summed E-state index contributed by atoms with van der Waals surface area (Å²) in [6, 6.07) is 0. The van der Waals surface area contributed by atoms with Crippen LogP contribution < -0.4 is 5.32 Å². The third kappa shape index (κ3) is 1.96. The van der Waals surface area contributed by atoms with Crippen molar-refractivity contribution >= 4 is 11.9 Å². The Bertz CT molecular complexity index is 202. The quantitative estimate of drug-likeness (QED) is 0.636.